The molecule has 0 radical (unpaired) electrons. The van der Waals surface area contributed by atoms with E-state index >= 15 is 0 Å². The van der Waals surface area contributed by atoms with Crippen LogP contribution in [0.1, 0.15) is 0 Å². The molecule has 2 N–H and O–H groups in total. The maximum atomic E-state index is 12.2. The number of aliphatic carboxylic acids is 1. The zero-order valence-electron chi connectivity index (χ0n) is 10.2. The Morgan fingerprint density at radius 3 is 2.30 bits per heavy atom. The second-order valence-corrected chi connectivity index (χ2v) is 4.89. The van der Waals surface area contributed by atoms with E-state index in [9.17, 15) is 14.7 Å². The van der Waals surface area contributed by atoms with Crippen LogP contribution in [-0.4, -0.2) is 29.2 Å². The van der Waals surface area contributed by atoms with E-state index in [-0.39, 0.29) is 11.1 Å². The minimum atomic E-state index is -1.14. The van der Waals surface area contributed by atoms with Gasteiger partial charge in [0, 0.05) is 10.7 Å². The number of hydrogen-bond acceptors (Lipinski definition) is 3. The number of carboxylic acid groups (broad SMARTS) is 1. The second kappa shape index (κ2) is 4.77. The molecule has 0 aromatic heterocycles. The molecule has 5 nitrogen and oxygen atoms in total. The Morgan fingerprint density at radius 2 is 1.70 bits per heavy atom. The van der Waals surface area contributed by atoms with Crippen LogP contribution >= 0.6 is 11.6 Å². The summed E-state index contributed by atoms with van der Waals surface area (Å²) in [7, 11) is 0. The molecule has 2 bridgehead atoms. The van der Waals surface area contributed by atoms with Gasteiger partial charge in [0.15, 0.2) is 0 Å². The third-order valence-corrected chi connectivity index (χ3v) is 3.44. The summed E-state index contributed by atoms with van der Waals surface area (Å²) in [6, 6.07) is 6.57. The summed E-state index contributed by atoms with van der Waals surface area (Å²) in [6.45, 7) is 0. The molecule has 6 heteroatoms. The van der Waals surface area contributed by atoms with E-state index < -0.39 is 24.1 Å². The van der Waals surface area contributed by atoms with Crippen molar-refractivity contribution in [3.63, 3.8) is 0 Å². The minimum Gasteiger partial charge on any atom is -0.478 e. The van der Waals surface area contributed by atoms with Gasteiger partial charge >= 0.3 is 5.97 Å². The Bertz CT molecular complexity index is 648. The fraction of sp³-hybridized carbons (Fsp3) is 0.143. The molecule has 0 fully saturated rings. The lowest BCUT2D eigenvalue weighted by Crippen LogP contribution is -2.24. The van der Waals surface area contributed by atoms with E-state index in [1.807, 2.05) is 0 Å². The van der Waals surface area contributed by atoms with Crippen LogP contribution in [0.15, 0.2) is 47.6 Å². The van der Waals surface area contributed by atoms with E-state index in [2.05, 4.69) is 5.32 Å². The van der Waals surface area contributed by atoms with Crippen molar-refractivity contribution in [1.82, 2.24) is 0 Å². The van der Waals surface area contributed by atoms with Crippen LogP contribution in [0.3, 0.4) is 0 Å². The predicted octanol–water partition coefficient (Wildman–Crippen LogP) is 2.00. The Hall–Kier alpha value is -2.11. The van der Waals surface area contributed by atoms with E-state index in [1.54, 1.807) is 36.4 Å². The molecule has 0 saturated heterocycles. The first-order valence-electron chi connectivity index (χ1n) is 5.94. The summed E-state index contributed by atoms with van der Waals surface area (Å²) < 4.78 is 5.39. The van der Waals surface area contributed by atoms with E-state index in [1.165, 1.54) is 0 Å². The van der Waals surface area contributed by atoms with Crippen LogP contribution in [0.25, 0.3) is 0 Å². The number of ether oxygens (including phenoxy) is 1. The molecule has 0 saturated carbocycles. The molecule has 102 valence electrons. The SMILES string of the molecule is O=C(O)C1=C(C(=O)Nc2ccc(Cl)cc2)C2C=CC1O2. The normalized spacial score (nSPS) is 23.2. The molecular weight excluding hydrogens is 282 g/mol. The smallest absolute Gasteiger partial charge is 0.335 e. The van der Waals surface area contributed by atoms with E-state index in [4.69, 9.17) is 16.3 Å². The van der Waals surface area contributed by atoms with Gasteiger partial charge in [-0.15, -0.1) is 0 Å². The van der Waals surface area contributed by atoms with Gasteiger partial charge in [0.05, 0.1) is 11.1 Å². The van der Waals surface area contributed by atoms with Gasteiger partial charge in [-0.05, 0) is 24.3 Å². The molecule has 2 atom stereocenters. The maximum absolute atomic E-state index is 12.2. The van der Waals surface area contributed by atoms with Crippen LogP contribution in [0.4, 0.5) is 5.69 Å². The molecule has 20 heavy (non-hydrogen) atoms. The molecule has 0 aliphatic carbocycles. The summed E-state index contributed by atoms with van der Waals surface area (Å²) in [6.07, 6.45) is 2.11. The van der Waals surface area contributed by atoms with Crippen LogP contribution < -0.4 is 5.32 Å². The number of benzene rings is 1. The van der Waals surface area contributed by atoms with Crippen LogP contribution in [-0.2, 0) is 14.3 Å². The minimum absolute atomic E-state index is 0.00367. The van der Waals surface area contributed by atoms with Crippen molar-refractivity contribution in [2.45, 2.75) is 12.2 Å². The van der Waals surface area contributed by atoms with Gasteiger partial charge in [0.1, 0.15) is 12.2 Å². The third kappa shape index (κ3) is 2.11. The number of amides is 1. The first-order valence-corrected chi connectivity index (χ1v) is 6.32. The summed E-state index contributed by atoms with van der Waals surface area (Å²) >= 11 is 5.76. The van der Waals surface area contributed by atoms with Gasteiger partial charge < -0.3 is 15.2 Å². The highest BCUT2D eigenvalue weighted by molar-refractivity contribution is 6.30. The van der Waals surface area contributed by atoms with Gasteiger partial charge in [-0.3, -0.25) is 4.79 Å². The predicted molar refractivity (Wildman–Crippen MR) is 72.5 cm³/mol. The lowest BCUT2D eigenvalue weighted by molar-refractivity contribution is -0.133. The molecule has 2 aliphatic heterocycles. The van der Waals surface area contributed by atoms with Crippen LogP contribution in [0, 0.1) is 0 Å². The molecular formula is C14H10ClNO4. The topological polar surface area (TPSA) is 75.6 Å². The average Bonchev–Trinajstić information content (AvgIpc) is 3.01. The number of carbonyl (C=O) groups is 2. The summed E-state index contributed by atoms with van der Waals surface area (Å²) in [5.41, 5.74) is 0.701. The quantitative estimate of drug-likeness (QED) is 0.835. The first-order chi connectivity index (χ1) is 9.56. The van der Waals surface area contributed by atoms with Crippen molar-refractivity contribution in [3.8, 4) is 0 Å². The standard InChI is InChI=1S/C14H10ClNO4/c15-7-1-3-8(4-2-7)16-13(17)11-9-5-6-10(20-9)12(11)14(18)19/h1-6,9-10H,(H,16,17)(H,18,19). The van der Waals surface area contributed by atoms with Gasteiger partial charge in [0.25, 0.3) is 5.91 Å². The van der Waals surface area contributed by atoms with E-state index in [0.29, 0.717) is 10.7 Å². The lowest BCUT2D eigenvalue weighted by atomic mass is 9.96. The summed E-state index contributed by atoms with van der Waals surface area (Å²) in [4.78, 5) is 23.5. The zero-order chi connectivity index (χ0) is 14.3. The van der Waals surface area contributed by atoms with Crippen molar-refractivity contribution >= 4 is 29.2 Å². The summed E-state index contributed by atoms with van der Waals surface area (Å²) in [5, 5.41) is 12.4. The van der Waals surface area contributed by atoms with Crippen molar-refractivity contribution < 1.29 is 19.4 Å². The first kappa shape index (κ1) is 12.9. The molecule has 1 aromatic carbocycles. The maximum Gasteiger partial charge on any atom is 0.335 e. The monoisotopic (exact) mass is 291 g/mol. The fourth-order valence-electron chi connectivity index (χ4n) is 2.31. The number of fused-ring (bicyclic) bond motifs is 2. The number of anilines is 1. The molecule has 3 rings (SSSR count). The molecule has 1 amide bonds. The zero-order valence-corrected chi connectivity index (χ0v) is 10.9. The highest BCUT2D eigenvalue weighted by Crippen LogP contribution is 2.35. The van der Waals surface area contributed by atoms with Crippen molar-refractivity contribution in [2.75, 3.05) is 5.32 Å². The number of carbonyl (C=O) groups excluding carboxylic acids is 1. The molecule has 2 aliphatic rings. The van der Waals surface area contributed by atoms with Gasteiger partial charge in [-0.2, -0.15) is 0 Å². The number of rotatable bonds is 3. The molecule has 0 spiro atoms. The lowest BCUT2D eigenvalue weighted by Gasteiger charge is -2.11. The average molecular weight is 292 g/mol. The van der Waals surface area contributed by atoms with Crippen molar-refractivity contribution in [1.29, 1.82) is 0 Å². The summed E-state index contributed by atoms with van der Waals surface area (Å²) in [5.74, 6) is -1.61. The van der Waals surface area contributed by atoms with Crippen molar-refractivity contribution in [3.05, 3.63) is 52.6 Å². The highest BCUT2D eigenvalue weighted by atomic mass is 35.5. The van der Waals surface area contributed by atoms with Gasteiger partial charge in [0.2, 0.25) is 0 Å². The number of halogens is 1. The third-order valence-electron chi connectivity index (χ3n) is 3.19. The highest BCUT2D eigenvalue weighted by Gasteiger charge is 2.42. The van der Waals surface area contributed by atoms with Gasteiger partial charge in [-0.25, -0.2) is 4.79 Å². The van der Waals surface area contributed by atoms with Crippen LogP contribution in [0.2, 0.25) is 5.02 Å². The number of carboxylic acids is 1. The Balaban J connectivity index is 1.86. The Morgan fingerprint density at radius 1 is 1.10 bits per heavy atom. The van der Waals surface area contributed by atoms with Crippen LogP contribution in [0.5, 0.6) is 0 Å². The van der Waals surface area contributed by atoms with Gasteiger partial charge in [-0.1, -0.05) is 23.8 Å². The molecule has 1 aromatic rings. The number of hydrogen-bond donors (Lipinski definition) is 2. The molecule has 2 unspecified atom stereocenters. The second-order valence-electron chi connectivity index (χ2n) is 4.46. The largest absolute Gasteiger partial charge is 0.478 e. The Kier molecular flexibility index (Phi) is 3.08. The van der Waals surface area contributed by atoms with E-state index in [0.717, 1.165) is 0 Å². The molecule has 2 heterocycles. The Labute approximate surface area is 119 Å². The van der Waals surface area contributed by atoms with Crippen molar-refractivity contribution in [2.24, 2.45) is 0 Å². The fourth-order valence-corrected chi connectivity index (χ4v) is 2.43. The number of nitrogens with one attached hydrogen (secondary N) is 1.